The normalized spacial score (nSPS) is 10.8. The highest BCUT2D eigenvalue weighted by molar-refractivity contribution is 7.09. The van der Waals surface area contributed by atoms with Crippen LogP contribution in [0.3, 0.4) is 0 Å². The molecule has 2 aromatic carbocycles. The van der Waals surface area contributed by atoms with Crippen molar-refractivity contribution in [2.45, 2.75) is 26.4 Å². The smallest absolute Gasteiger partial charge is 0.319 e. The minimum atomic E-state index is -0.301. The SMILES string of the molecule is CCCN(CCNC(=O)Nc1cccc(C(=O)NCc2cccs2)c1)Cc1cccc(Cl)c1. The van der Waals surface area contributed by atoms with Crippen molar-refractivity contribution in [1.29, 1.82) is 0 Å². The Morgan fingerprint density at radius 2 is 1.85 bits per heavy atom. The second kappa shape index (κ2) is 13.0. The number of carbonyl (C=O) groups is 2. The van der Waals surface area contributed by atoms with E-state index in [1.165, 1.54) is 0 Å². The first-order valence-electron chi connectivity index (χ1n) is 11.0. The third-order valence-electron chi connectivity index (χ3n) is 4.93. The van der Waals surface area contributed by atoms with Crippen LogP contribution in [0.25, 0.3) is 0 Å². The molecule has 33 heavy (non-hydrogen) atoms. The van der Waals surface area contributed by atoms with E-state index < -0.39 is 0 Å². The molecule has 0 radical (unpaired) electrons. The standard InChI is InChI=1S/C25H29ClN4O2S/c1-2-12-30(18-19-6-3-8-21(26)15-19)13-11-27-25(32)29-22-9-4-7-20(16-22)24(31)28-17-23-10-5-14-33-23/h3-10,14-16H,2,11-13,17-18H2,1H3,(H,28,31)(H2,27,29,32). The van der Waals surface area contributed by atoms with Crippen molar-refractivity contribution in [3.05, 3.63) is 87.1 Å². The molecule has 3 aromatic rings. The Labute approximate surface area is 204 Å². The summed E-state index contributed by atoms with van der Waals surface area (Å²) in [5, 5.41) is 11.3. The molecule has 6 nitrogen and oxygen atoms in total. The van der Waals surface area contributed by atoms with Gasteiger partial charge in [-0.3, -0.25) is 9.69 Å². The summed E-state index contributed by atoms with van der Waals surface area (Å²) in [5.74, 6) is -0.177. The van der Waals surface area contributed by atoms with Crippen molar-refractivity contribution in [2.75, 3.05) is 25.0 Å². The van der Waals surface area contributed by atoms with E-state index in [1.807, 2.05) is 35.7 Å². The van der Waals surface area contributed by atoms with Gasteiger partial charge in [-0.1, -0.05) is 42.8 Å². The molecule has 8 heteroatoms. The number of rotatable bonds is 11. The quantitative estimate of drug-likeness (QED) is 0.343. The van der Waals surface area contributed by atoms with Gasteiger partial charge in [0.1, 0.15) is 0 Å². The summed E-state index contributed by atoms with van der Waals surface area (Å²) in [6, 6.07) is 18.4. The summed E-state index contributed by atoms with van der Waals surface area (Å²) >= 11 is 7.69. The summed E-state index contributed by atoms with van der Waals surface area (Å²) in [5.41, 5.74) is 2.22. The fraction of sp³-hybridized carbons (Fsp3) is 0.280. The summed E-state index contributed by atoms with van der Waals surface area (Å²) < 4.78 is 0. The lowest BCUT2D eigenvalue weighted by Crippen LogP contribution is -2.37. The van der Waals surface area contributed by atoms with Gasteiger partial charge >= 0.3 is 6.03 Å². The van der Waals surface area contributed by atoms with E-state index in [-0.39, 0.29) is 11.9 Å². The van der Waals surface area contributed by atoms with Gasteiger partial charge in [-0.25, -0.2) is 4.79 Å². The zero-order chi connectivity index (χ0) is 23.5. The van der Waals surface area contributed by atoms with Crippen LogP contribution < -0.4 is 16.0 Å². The fourth-order valence-electron chi connectivity index (χ4n) is 3.40. The predicted octanol–water partition coefficient (Wildman–Crippen LogP) is 5.37. The Morgan fingerprint density at radius 3 is 2.61 bits per heavy atom. The molecule has 0 bridgehead atoms. The van der Waals surface area contributed by atoms with E-state index in [0.717, 1.165) is 41.5 Å². The topological polar surface area (TPSA) is 73.5 Å². The molecule has 3 N–H and O–H groups in total. The molecule has 0 aliphatic carbocycles. The second-order valence-corrected chi connectivity index (χ2v) is 9.10. The highest BCUT2D eigenvalue weighted by Gasteiger charge is 2.10. The average Bonchev–Trinajstić information content (AvgIpc) is 3.31. The third kappa shape index (κ3) is 8.53. The van der Waals surface area contributed by atoms with Crippen LogP contribution in [0.1, 0.15) is 34.1 Å². The molecular weight excluding hydrogens is 456 g/mol. The summed E-state index contributed by atoms with van der Waals surface area (Å²) in [4.78, 5) is 28.1. The van der Waals surface area contributed by atoms with Gasteiger partial charge in [0.2, 0.25) is 0 Å². The highest BCUT2D eigenvalue weighted by atomic mass is 35.5. The molecule has 3 amide bonds. The molecule has 0 aliphatic rings. The van der Waals surface area contributed by atoms with E-state index in [2.05, 4.69) is 33.8 Å². The van der Waals surface area contributed by atoms with Crippen molar-refractivity contribution < 1.29 is 9.59 Å². The van der Waals surface area contributed by atoms with Crippen LogP contribution >= 0.6 is 22.9 Å². The van der Waals surface area contributed by atoms with Crippen LogP contribution in [-0.4, -0.2) is 36.5 Å². The number of anilines is 1. The first-order valence-corrected chi connectivity index (χ1v) is 12.2. The van der Waals surface area contributed by atoms with Crippen molar-refractivity contribution in [2.24, 2.45) is 0 Å². The minimum Gasteiger partial charge on any atom is -0.347 e. The lowest BCUT2D eigenvalue weighted by Gasteiger charge is -2.22. The second-order valence-electron chi connectivity index (χ2n) is 7.63. The van der Waals surface area contributed by atoms with Crippen molar-refractivity contribution in [3.63, 3.8) is 0 Å². The molecule has 0 saturated heterocycles. The molecule has 0 unspecified atom stereocenters. The van der Waals surface area contributed by atoms with Gasteiger partial charge in [0, 0.05) is 40.8 Å². The van der Waals surface area contributed by atoms with E-state index in [9.17, 15) is 9.59 Å². The average molecular weight is 485 g/mol. The number of hydrogen-bond donors (Lipinski definition) is 3. The highest BCUT2D eigenvalue weighted by Crippen LogP contribution is 2.14. The number of benzene rings is 2. The number of thiophene rings is 1. The Bertz CT molecular complexity index is 1040. The van der Waals surface area contributed by atoms with Gasteiger partial charge in [0.05, 0.1) is 6.54 Å². The van der Waals surface area contributed by atoms with Crippen LogP contribution in [0.2, 0.25) is 5.02 Å². The zero-order valence-corrected chi connectivity index (χ0v) is 20.2. The molecule has 1 aromatic heterocycles. The van der Waals surface area contributed by atoms with Gasteiger partial charge in [0.15, 0.2) is 0 Å². The van der Waals surface area contributed by atoms with Crippen LogP contribution in [0, 0.1) is 0 Å². The number of urea groups is 1. The number of nitrogens with one attached hydrogen (secondary N) is 3. The zero-order valence-electron chi connectivity index (χ0n) is 18.6. The first kappa shape index (κ1) is 24.8. The minimum absolute atomic E-state index is 0.177. The lowest BCUT2D eigenvalue weighted by molar-refractivity contribution is 0.0951. The Balaban J connectivity index is 1.45. The Hall–Kier alpha value is -2.87. The van der Waals surface area contributed by atoms with E-state index in [1.54, 1.807) is 35.6 Å². The van der Waals surface area contributed by atoms with Crippen molar-refractivity contribution in [3.8, 4) is 0 Å². The Morgan fingerprint density at radius 1 is 1.00 bits per heavy atom. The molecule has 0 aliphatic heterocycles. The molecule has 0 atom stereocenters. The van der Waals surface area contributed by atoms with E-state index in [0.29, 0.717) is 24.3 Å². The van der Waals surface area contributed by atoms with Crippen LogP contribution in [0.4, 0.5) is 10.5 Å². The number of nitrogens with zero attached hydrogens (tertiary/aromatic N) is 1. The fourth-order valence-corrected chi connectivity index (χ4v) is 4.26. The molecule has 1 heterocycles. The monoisotopic (exact) mass is 484 g/mol. The number of hydrogen-bond acceptors (Lipinski definition) is 4. The van der Waals surface area contributed by atoms with Gasteiger partial charge in [0.25, 0.3) is 5.91 Å². The van der Waals surface area contributed by atoms with Crippen LogP contribution in [-0.2, 0) is 13.1 Å². The maximum Gasteiger partial charge on any atom is 0.319 e. The molecule has 0 fully saturated rings. The molecular formula is C25H29ClN4O2S. The summed E-state index contributed by atoms with van der Waals surface area (Å²) in [6.07, 6.45) is 1.02. The maximum atomic E-state index is 12.4. The predicted molar refractivity (Wildman–Crippen MR) is 136 cm³/mol. The molecule has 174 valence electrons. The third-order valence-corrected chi connectivity index (χ3v) is 6.05. The number of amides is 3. The van der Waals surface area contributed by atoms with Crippen molar-refractivity contribution >= 4 is 40.6 Å². The lowest BCUT2D eigenvalue weighted by atomic mass is 10.2. The molecule has 3 rings (SSSR count). The van der Waals surface area contributed by atoms with Crippen LogP contribution in [0.5, 0.6) is 0 Å². The molecule has 0 saturated carbocycles. The maximum absolute atomic E-state index is 12.4. The summed E-state index contributed by atoms with van der Waals surface area (Å²) in [7, 11) is 0. The van der Waals surface area contributed by atoms with Crippen molar-refractivity contribution in [1.82, 2.24) is 15.5 Å². The number of carbonyl (C=O) groups excluding carboxylic acids is 2. The van der Waals surface area contributed by atoms with Gasteiger partial charge < -0.3 is 16.0 Å². The Kier molecular flexibility index (Phi) is 9.75. The van der Waals surface area contributed by atoms with Gasteiger partial charge in [-0.05, 0) is 60.3 Å². The summed E-state index contributed by atoms with van der Waals surface area (Å²) in [6.45, 7) is 5.55. The number of halogens is 1. The molecule has 0 spiro atoms. The van der Waals surface area contributed by atoms with Gasteiger partial charge in [-0.15, -0.1) is 11.3 Å². The first-order chi connectivity index (χ1) is 16.0. The largest absolute Gasteiger partial charge is 0.347 e. The van der Waals surface area contributed by atoms with Crippen LogP contribution in [0.15, 0.2) is 66.0 Å². The van der Waals surface area contributed by atoms with E-state index >= 15 is 0 Å². The van der Waals surface area contributed by atoms with Gasteiger partial charge in [-0.2, -0.15) is 0 Å². The van der Waals surface area contributed by atoms with E-state index in [4.69, 9.17) is 11.6 Å².